The molecule has 0 amide bonds. The Kier molecular flexibility index (Phi) is 2.22. The first-order chi connectivity index (χ1) is 5.85. The molecule has 2 fully saturated rings. The Morgan fingerprint density at radius 2 is 1.83 bits per heavy atom. The maximum atomic E-state index is 3.78. The van der Waals surface area contributed by atoms with E-state index in [2.05, 4.69) is 11.5 Å². The van der Waals surface area contributed by atoms with E-state index < -0.39 is 0 Å². The van der Waals surface area contributed by atoms with Gasteiger partial charge in [-0.2, -0.15) is 0 Å². The van der Waals surface area contributed by atoms with Crippen molar-refractivity contribution in [1.29, 1.82) is 0 Å². The fraction of sp³-hybridized carbons (Fsp3) is 0.818. The van der Waals surface area contributed by atoms with Crippen LogP contribution in [0.15, 0.2) is 12.7 Å². The third kappa shape index (κ3) is 1.42. The summed E-state index contributed by atoms with van der Waals surface area (Å²) in [7, 11) is 0. The summed E-state index contributed by atoms with van der Waals surface area (Å²) in [5.41, 5.74) is 0.803. The van der Waals surface area contributed by atoms with Crippen molar-refractivity contribution >= 4 is 0 Å². The third-order valence-corrected chi connectivity index (χ3v) is 3.72. The van der Waals surface area contributed by atoms with Crippen molar-refractivity contribution in [2.45, 2.75) is 32.1 Å². The molecule has 1 heteroatoms. The average Bonchev–Trinajstić information content (AvgIpc) is 2.04. The molecular weight excluding hydrogens is 146 g/mol. The molecule has 0 aromatic carbocycles. The van der Waals surface area contributed by atoms with Gasteiger partial charge in [-0.05, 0) is 44.2 Å². The van der Waals surface area contributed by atoms with Gasteiger partial charge >= 0.3 is 0 Å². The fourth-order valence-corrected chi connectivity index (χ4v) is 2.57. The van der Waals surface area contributed by atoms with Crippen molar-refractivity contribution < 1.29 is 0 Å². The molecule has 1 saturated heterocycles. The molecule has 0 unspecified atom stereocenters. The highest BCUT2D eigenvalue weighted by Crippen LogP contribution is 2.48. The highest BCUT2D eigenvalue weighted by Gasteiger charge is 2.38. The van der Waals surface area contributed by atoms with Gasteiger partial charge in [0.15, 0.2) is 0 Å². The van der Waals surface area contributed by atoms with E-state index in [-0.39, 0.29) is 0 Å². The lowest BCUT2D eigenvalue weighted by molar-refractivity contribution is 0.0380. The zero-order chi connectivity index (χ0) is 8.44. The maximum Gasteiger partial charge on any atom is 0.0160 e. The summed E-state index contributed by atoms with van der Waals surface area (Å²) in [5.74, 6) is 0. The van der Waals surface area contributed by atoms with Crippen molar-refractivity contribution in [2.24, 2.45) is 5.41 Å². The van der Waals surface area contributed by atoms with Gasteiger partial charge in [-0.1, -0.05) is 12.5 Å². The van der Waals surface area contributed by atoms with Crippen LogP contribution >= 0.6 is 0 Å². The predicted molar refractivity (Wildman–Crippen MR) is 52.2 cm³/mol. The molecule has 0 radical (unpaired) electrons. The van der Waals surface area contributed by atoms with Crippen molar-refractivity contribution in [2.75, 3.05) is 19.6 Å². The Bertz CT molecular complexity index is 160. The zero-order valence-corrected chi connectivity index (χ0v) is 7.89. The molecule has 1 saturated carbocycles. The summed E-state index contributed by atoms with van der Waals surface area (Å²) in [6.45, 7) is 7.50. The number of hydrogen-bond donors (Lipinski definition) is 0. The lowest BCUT2D eigenvalue weighted by Crippen LogP contribution is -2.43. The minimum absolute atomic E-state index is 0.803. The van der Waals surface area contributed by atoms with Crippen LogP contribution in [0.3, 0.4) is 0 Å². The molecule has 12 heavy (non-hydrogen) atoms. The molecule has 1 heterocycles. The minimum atomic E-state index is 0.803. The van der Waals surface area contributed by atoms with Crippen molar-refractivity contribution in [3.63, 3.8) is 0 Å². The molecule has 0 N–H and O–H groups in total. The van der Waals surface area contributed by atoms with E-state index in [9.17, 15) is 0 Å². The monoisotopic (exact) mass is 165 g/mol. The highest BCUT2D eigenvalue weighted by atomic mass is 15.1. The summed E-state index contributed by atoms with van der Waals surface area (Å²) in [4.78, 5) is 2.52. The van der Waals surface area contributed by atoms with Crippen molar-refractivity contribution in [3.05, 3.63) is 12.7 Å². The molecular formula is C11H19N. The van der Waals surface area contributed by atoms with E-state index in [1.54, 1.807) is 0 Å². The summed E-state index contributed by atoms with van der Waals surface area (Å²) < 4.78 is 0. The first-order valence-corrected chi connectivity index (χ1v) is 5.18. The summed E-state index contributed by atoms with van der Waals surface area (Å²) in [6, 6.07) is 0. The predicted octanol–water partition coefficient (Wildman–Crippen LogP) is 2.44. The van der Waals surface area contributed by atoms with Crippen molar-refractivity contribution in [1.82, 2.24) is 4.90 Å². The van der Waals surface area contributed by atoms with Crippen LogP contribution in [0.1, 0.15) is 32.1 Å². The largest absolute Gasteiger partial charge is 0.300 e. The van der Waals surface area contributed by atoms with Crippen LogP contribution in [0.2, 0.25) is 0 Å². The van der Waals surface area contributed by atoms with E-state index in [4.69, 9.17) is 0 Å². The SMILES string of the molecule is C=CCN1CCC2(CCC2)CC1. The third-order valence-electron chi connectivity index (χ3n) is 3.72. The van der Waals surface area contributed by atoms with Crippen LogP contribution in [0, 0.1) is 5.41 Å². The number of rotatable bonds is 2. The molecule has 2 rings (SSSR count). The van der Waals surface area contributed by atoms with Crippen LogP contribution in [-0.4, -0.2) is 24.5 Å². The van der Waals surface area contributed by atoms with E-state index in [0.717, 1.165) is 12.0 Å². The second-order valence-corrected chi connectivity index (χ2v) is 4.44. The van der Waals surface area contributed by atoms with Crippen LogP contribution in [-0.2, 0) is 0 Å². The molecule has 1 aliphatic carbocycles. The van der Waals surface area contributed by atoms with Gasteiger partial charge in [0, 0.05) is 6.54 Å². The quantitative estimate of drug-likeness (QED) is 0.568. The van der Waals surface area contributed by atoms with Gasteiger partial charge in [0.25, 0.3) is 0 Å². The van der Waals surface area contributed by atoms with Gasteiger partial charge in [-0.3, -0.25) is 4.90 Å². The van der Waals surface area contributed by atoms with Crippen LogP contribution in [0.25, 0.3) is 0 Å². The average molecular weight is 165 g/mol. The van der Waals surface area contributed by atoms with Gasteiger partial charge in [0.05, 0.1) is 0 Å². The normalized spacial score (nSPS) is 28.3. The maximum absolute atomic E-state index is 3.78. The molecule has 0 aromatic rings. The molecule has 1 aliphatic heterocycles. The standard InChI is InChI=1S/C11H19N/c1-2-8-12-9-6-11(7-10-12)4-3-5-11/h2H,1,3-10H2. The van der Waals surface area contributed by atoms with E-state index in [1.165, 1.54) is 45.2 Å². The van der Waals surface area contributed by atoms with Gasteiger partial charge in [0.1, 0.15) is 0 Å². The van der Waals surface area contributed by atoms with Gasteiger partial charge in [-0.15, -0.1) is 6.58 Å². The number of piperidine rings is 1. The Morgan fingerprint density at radius 3 is 2.25 bits per heavy atom. The second kappa shape index (κ2) is 3.21. The number of likely N-dealkylation sites (tertiary alicyclic amines) is 1. The molecule has 68 valence electrons. The number of hydrogen-bond acceptors (Lipinski definition) is 1. The Morgan fingerprint density at radius 1 is 1.17 bits per heavy atom. The Hall–Kier alpha value is -0.300. The van der Waals surface area contributed by atoms with Crippen LogP contribution < -0.4 is 0 Å². The van der Waals surface area contributed by atoms with Crippen molar-refractivity contribution in [3.8, 4) is 0 Å². The lowest BCUT2D eigenvalue weighted by atomic mass is 9.63. The Labute approximate surface area is 75.4 Å². The minimum Gasteiger partial charge on any atom is -0.300 e. The fourth-order valence-electron chi connectivity index (χ4n) is 2.57. The summed E-state index contributed by atoms with van der Waals surface area (Å²) >= 11 is 0. The van der Waals surface area contributed by atoms with Gasteiger partial charge < -0.3 is 0 Å². The van der Waals surface area contributed by atoms with Gasteiger partial charge in [0.2, 0.25) is 0 Å². The molecule has 1 nitrogen and oxygen atoms in total. The second-order valence-electron chi connectivity index (χ2n) is 4.44. The molecule has 1 spiro atoms. The zero-order valence-electron chi connectivity index (χ0n) is 7.89. The first-order valence-electron chi connectivity index (χ1n) is 5.18. The molecule has 0 aromatic heterocycles. The summed E-state index contributed by atoms with van der Waals surface area (Å²) in [5, 5.41) is 0. The topological polar surface area (TPSA) is 3.24 Å². The smallest absolute Gasteiger partial charge is 0.0160 e. The highest BCUT2D eigenvalue weighted by molar-refractivity contribution is 4.93. The van der Waals surface area contributed by atoms with E-state index in [0.29, 0.717) is 0 Å². The van der Waals surface area contributed by atoms with E-state index in [1.807, 2.05) is 6.08 Å². The van der Waals surface area contributed by atoms with Gasteiger partial charge in [-0.25, -0.2) is 0 Å². The van der Waals surface area contributed by atoms with Crippen LogP contribution in [0.5, 0.6) is 0 Å². The summed E-state index contributed by atoms with van der Waals surface area (Å²) in [6.07, 6.45) is 9.42. The molecule has 2 aliphatic rings. The number of nitrogens with zero attached hydrogens (tertiary/aromatic N) is 1. The first kappa shape index (κ1) is 8.31. The Balaban J connectivity index is 1.80. The van der Waals surface area contributed by atoms with Crippen LogP contribution in [0.4, 0.5) is 0 Å². The van der Waals surface area contributed by atoms with E-state index >= 15 is 0 Å². The lowest BCUT2D eigenvalue weighted by Gasteiger charge is -2.47. The molecule has 0 bridgehead atoms. The molecule has 0 atom stereocenters.